The fourth-order valence-electron chi connectivity index (χ4n) is 2.38. The van der Waals surface area contributed by atoms with E-state index in [2.05, 4.69) is 0 Å². The molecule has 7 nitrogen and oxygen atoms in total. The predicted octanol–water partition coefficient (Wildman–Crippen LogP) is 3.28. The third kappa shape index (κ3) is 4.13. The molecule has 2 aromatic rings. The van der Waals surface area contributed by atoms with E-state index in [4.69, 9.17) is 24.4 Å². The zero-order valence-corrected chi connectivity index (χ0v) is 14.5. The number of methoxy groups -OCH3 is 3. The molecule has 0 bridgehead atoms. The summed E-state index contributed by atoms with van der Waals surface area (Å²) in [5, 5.41) is 18.3. The first-order valence-electron chi connectivity index (χ1n) is 7.49. The lowest BCUT2D eigenvalue weighted by molar-refractivity contribution is 0.0696. The third-order valence-electron chi connectivity index (χ3n) is 3.60. The minimum absolute atomic E-state index is 0.102. The van der Waals surface area contributed by atoms with Crippen LogP contribution in [0.15, 0.2) is 30.3 Å². The van der Waals surface area contributed by atoms with Gasteiger partial charge in [0.15, 0.2) is 11.5 Å². The second-order valence-corrected chi connectivity index (χ2v) is 5.25. The van der Waals surface area contributed by atoms with Crippen LogP contribution in [0.5, 0.6) is 17.2 Å². The summed E-state index contributed by atoms with van der Waals surface area (Å²) in [5.41, 5.74) is 0.942. The Bertz CT molecular complexity index is 811. The van der Waals surface area contributed by atoms with Crippen molar-refractivity contribution >= 4 is 24.1 Å². The van der Waals surface area contributed by atoms with Gasteiger partial charge in [-0.1, -0.05) is 12.2 Å². The molecular weight excluding hydrogens is 340 g/mol. The number of aromatic carboxylic acids is 2. The van der Waals surface area contributed by atoms with E-state index in [1.54, 1.807) is 24.3 Å². The highest BCUT2D eigenvalue weighted by atomic mass is 16.5. The number of carbonyl (C=O) groups is 2. The highest BCUT2D eigenvalue weighted by Gasteiger charge is 2.13. The number of rotatable bonds is 7. The smallest absolute Gasteiger partial charge is 0.335 e. The molecular formula is C19H18O7. The molecule has 0 aliphatic rings. The van der Waals surface area contributed by atoms with Gasteiger partial charge in [-0.2, -0.15) is 0 Å². The van der Waals surface area contributed by atoms with Crippen molar-refractivity contribution in [3.8, 4) is 17.2 Å². The number of carboxylic acids is 2. The van der Waals surface area contributed by atoms with Gasteiger partial charge < -0.3 is 24.4 Å². The van der Waals surface area contributed by atoms with Crippen molar-refractivity contribution in [3.05, 3.63) is 52.6 Å². The van der Waals surface area contributed by atoms with Crippen LogP contribution < -0.4 is 14.2 Å². The average molecular weight is 358 g/mol. The van der Waals surface area contributed by atoms with Crippen molar-refractivity contribution < 1.29 is 34.0 Å². The van der Waals surface area contributed by atoms with Gasteiger partial charge in [0.1, 0.15) is 0 Å². The molecule has 0 atom stereocenters. The number of hydrogen-bond acceptors (Lipinski definition) is 5. The van der Waals surface area contributed by atoms with E-state index in [-0.39, 0.29) is 11.1 Å². The van der Waals surface area contributed by atoms with Crippen LogP contribution in [-0.4, -0.2) is 43.5 Å². The molecule has 0 aliphatic heterocycles. The number of benzene rings is 2. The molecule has 26 heavy (non-hydrogen) atoms. The lowest BCUT2D eigenvalue weighted by Gasteiger charge is -2.12. The van der Waals surface area contributed by atoms with Crippen LogP contribution in [0.25, 0.3) is 12.2 Å². The first-order chi connectivity index (χ1) is 12.4. The average Bonchev–Trinajstić information content (AvgIpc) is 2.64. The molecule has 0 heterocycles. The van der Waals surface area contributed by atoms with Crippen molar-refractivity contribution in [1.29, 1.82) is 0 Å². The molecule has 0 saturated heterocycles. The summed E-state index contributed by atoms with van der Waals surface area (Å²) in [5.74, 6) is -1.01. The topological polar surface area (TPSA) is 102 Å². The number of ether oxygens (including phenoxy) is 3. The molecule has 0 radical (unpaired) electrons. The lowest BCUT2D eigenvalue weighted by atomic mass is 10.0. The second kappa shape index (κ2) is 8.06. The Kier molecular flexibility index (Phi) is 5.85. The van der Waals surface area contributed by atoms with Gasteiger partial charge in [-0.15, -0.1) is 0 Å². The van der Waals surface area contributed by atoms with Gasteiger partial charge in [0.2, 0.25) is 5.75 Å². The normalized spacial score (nSPS) is 10.6. The summed E-state index contributed by atoms with van der Waals surface area (Å²) in [6.07, 6.45) is 3.30. The van der Waals surface area contributed by atoms with Crippen molar-refractivity contribution in [2.75, 3.05) is 21.3 Å². The highest BCUT2D eigenvalue weighted by molar-refractivity contribution is 5.95. The van der Waals surface area contributed by atoms with Crippen molar-refractivity contribution in [2.45, 2.75) is 0 Å². The molecule has 0 spiro atoms. The Morgan fingerprint density at radius 1 is 0.731 bits per heavy atom. The molecule has 2 rings (SSSR count). The molecule has 0 aromatic heterocycles. The predicted molar refractivity (Wildman–Crippen MR) is 95.4 cm³/mol. The van der Waals surface area contributed by atoms with Gasteiger partial charge in [0.25, 0.3) is 0 Å². The monoisotopic (exact) mass is 358 g/mol. The standard InChI is InChI=1S/C19H18O7/c1-24-15-8-12(9-16(25-2)17(15)26-3)5-4-11-6-13(18(20)21)10-14(7-11)19(22)23/h4-10H,1-3H3,(H,20,21)(H,22,23)/b5-4+. The Labute approximate surface area is 150 Å². The van der Waals surface area contributed by atoms with E-state index in [1.165, 1.54) is 33.5 Å². The van der Waals surface area contributed by atoms with Crippen molar-refractivity contribution in [2.24, 2.45) is 0 Å². The van der Waals surface area contributed by atoms with Gasteiger partial charge in [0, 0.05) is 0 Å². The molecule has 0 fully saturated rings. The minimum atomic E-state index is -1.20. The highest BCUT2D eigenvalue weighted by Crippen LogP contribution is 2.38. The first-order valence-corrected chi connectivity index (χ1v) is 7.49. The number of carboxylic acid groups (broad SMARTS) is 2. The van der Waals surface area contributed by atoms with E-state index in [9.17, 15) is 9.59 Å². The molecule has 0 aliphatic carbocycles. The maximum atomic E-state index is 11.2. The quantitative estimate of drug-likeness (QED) is 0.732. The summed E-state index contributed by atoms with van der Waals surface area (Å²) in [6.45, 7) is 0. The third-order valence-corrected chi connectivity index (χ3v) is 3.60. The van der Waals surface area contributed by atoms with E-state index in [1.807, 2.05) is 0 Å². The molecule has 0 amide bonds. The molecule has 7 heteroatoms. The Morgan fingerprint density at radius 2 is 1.15 bits per heavy atom. The zero-order chi connectivity index (χ0) is 19.3. The molecule has 0 saturated carbocycles. The van der Waals surface area contributed by atoms with Gasteiger partial charge in [-0.05, 0) is 41.5 Å². The molecule has 136 valence electrons. The fourth-order valence-corrected chi connectivity index (χ4v) is 2.38. The van der Waals surface area contributed by atoms with E-state index >= 15 is 0 Å². The summed E-state index contributed by atoms with van der Waals surface area (Å²) in [7, 11) is 4.50. The Balaban J connectivity index is 2.46. The summed E-state index contributed by atoms with van der Waals surface area (Å²) >= 11 is 0. The van der Waals surface area contributed by atoms with Gasteiger partial charge >= 0.3 is 11.9 Å². The van der Waals surface area contributed by atoms with E-state index in [0.29, 0.717) is 28.4 Å². The van der Waals surface area contributed by atoms with Crippen LogP contribution in [0.3, 0.4) is 0 Å². The van der Waals surface area contributed by atoms with Crippen LogP contribution in [0.4, 0.5) is 0 Å². The molecule has 2 aromatic carbocycles. The minimum Gasteiger partial charge on any atom is -0.493 e. The SMILES string of the molecule is COc1cc(/C=C/c2cc(C(=O)O)cc(C(=O)O)c2)cc(OC)c1OC. The van der Waals surface area contributed by atoms with E-state index < -0.39 is 11.9 Å². The van der Waals surface area contributed by atoms with Gasteiger partial charge in [0.05, 0.1) is 32.5 Å². The largest absolute Gasteiger partial charge is 0.493 e. The van der Waals surface area contributed by atoms with Crippen molar-refractivity contribution in [1.82, 2.24) is 0 Å². The summed E-state index contributed by atoms with van der Waals surface area (Å²) < 4.78 is 15.8. The lowest BCUT2D eigenvalue weighted by Crippen LogP contribution is -2.02. The Morgan fingerprint density at radius 3 is 1.50 bits per heavy atom. The van der Waals surface area contributed by atoms with Gasteiger partial charge in [-0.25, -0.2) is 9.59 Å². The number of hydrogen-bond donors (Lipinski definition) is 2. The fraction of sp³-hybridized carbons (Fsp3) is 0.158. The van der Waals surface area contributed by atoms with Crippen LogP contribution in [-0.2, 0) is 0 Å². The second-order valence-electron chi connectivity index (χ2n) is 5.25. The van der Waals surface area contributed by atoms with Crippen LogP contribution in [0.2, 0.25) is 0 Å². The van der Waals surface area contributed by atoms with E-state index in [0.717, 1.165) is 6.07 Å². The maximum absolute atomic E-state index is 11.2. The molecule has 0 unspecified atom stereocenters. The molecule has 2 N–H and O–H groups in total. The van der Waals surface area contributed by atoms with Crippen LogP contribution >= 0.6 is 0 Å². The van der Waals surface area contributed by atoms with Crippen molar-refractivity contribution in [3.63, 3.8) is 0 Å². The zero-order valence-electron chi connectivity index (χ0n) is 14.5. The van der Waals surface area contributed by atoms with Crippen LogP contribution in [0, 0.1) is 0 Å². The summed E-state index contributed by atoms with van der Waals surface area (Å²) in [6, 6.07) is 7.34. The maximum Gasteiger partial charge on any atom is 0.335 e. The Hall–Kier alpha value is -3.48. The summed E-state index contributed by atoms with van der Waals surface area (Å²) in [4.78, 5) is 22.4. The van der Waals surface area contributed by atoms with Gasteiger partial charge in [-0.3, -0.25) is 0 Å². The first kappa shape index (κ1) is 18.9. The van der Waals surface area contributed by atoms with Crippen LogP contribution in [0.1, 0.15) is 31.8 Å².